The van der Waals surface area contributed by atoms with E-state index in [1.54, 1.807) is 0 Å². The van der Waals surface area contributed by atoms with Crippen LogP contribution in [0.25, 0.3) is 0 Å². The summed E-state index contributed by atoms with van der Waals surface area (Å²) in [6, 6.07) is 0. The first-order chi connectivity index (χ1) is 6.63. The van der Waals surface area contributed by atoms with Crippen molar-refractivity contribution in [1.29, 1.82) is 0 Å². The summed E-state index contributed by atoms with van der Waals surface area (Å²) in [5.74, 6) is 1.87. The van der Waals surface area contributed by atoms with Crippen LogP contribution in [0.3, 0.4) is 0 Å². The van der Waals surface area contributed by atoms with E-state index in [9.17, 15) is 4.79 Å². The Bertz CT molecular complexity index is 215. The maximum atomic E-state index is 10.5. The van der Waals surface area contributed by atoms with Crippen LogP contribution in [-0.2, 0) is 4.79 Å². The second-order valence-electron chi connectivity index (χ2n) is 4.96. The molecule has 0 aromatic carbocycles. The lowest BCUT2D eigenvalue weighted by Crippen LogP contribution is -2.13. The zero-order chi connectivity index (χ0) is 10.6. The van der Waals surface area contributed by atoms with Gasteiger partial charge < -0.3 is 4.79 Å². The third-order valence-electron chi connectivity index (χ3n) is 3.30. The van der Waals surface area contributed by atoms with Crippen molar-refractivity contribution >= 4 is 6.29 Å². The summed E-state index contributed by atoms with van der Waals surface area (Å²) in [5.41, 5.74) is 1.50. The fourth-order valence-corrected chi connectivity index (χ4v) is 2.16. The molecule has 0 fully saturated rings. The minimum absolute atomic E-state index is 0.205. The highest BCUT2D eigenvalue weighted by Gasteiger charge is 2.17. The van der Waals surface area contributed by atoms with Gasteiger partial charge in [0.15, 0.2) is 0 Å². The van der Waals surface area contributed by atoms with Gasteiger partial charge in [-0.05, 0) is 37.5 Å². The van der Waals surface area contributed by atoms with Crippen LogP contribution in [0.2, 0.25) is 0 Å². The van der Waals surface area contributed by atoms with Crippen LogP contribution in [-0.4, -0.2) is 6.29 Å². The van der Waals surface area contributed by atoms with Crippen molar-refractivity contribution in [3.8, 4) is 0 Å². The van der Waals surface area contributed by atoms with Gasteiger partial charge >= 0.3 is 0 Å². The second kappa shape index (κ2) is 5.33. The topological polar surface area (TPSA) is 17.1 Å². The van der Waals surface area contributed by atoms with E-state index in [4.69, 9.17) is 0 Å². The number of rotatable bonds is 4. The Hall–Kier alpha value is -0.590. The van der Waals surface area contributed by atoms with E-state index in [1.165, 1.54) is 24.8 Å². The normalized spacial score (nSPS) is 24.6. The van der Waals surface area contributed by atoms with E-state index in [1.807, 2.05) is 6.92 Å². The molecule has 0 aromatic rings. The van der Waals surface area contributed by atoms with E-state index in [0.29, 0.717) is 0 Å². The Morgan fingerprint density at radius 1 is 1.50 bits per heavy atom. The molecule has 0 aliphatic heterocycles. The minimum Gasteiger partial charge on any atom is -0.303 e. The third kappa shape index (κ3) is 3.28. The highest BCUT2D eigenvalue weighted by molar-refractivity contribution is 5.53. The zero-order valence-corrected chi connectivity index (χ0v) is 9.62. The molecule has 2 atom stereocenters. The Morgan fingerprint density at radius 3 is 2.64 bits per heavy atom. The number of allylic oxidation sites excluding steroid dienone is 2. The first-order valence-electron chi connectivity index (χ1n) is 5.76. The first kappa shape index (κ1) is 11.5. The van der Waals surface area contributed by atoms with Crippen molar-refractivity contribution in [3.05, 3.63) is 11.6 Å². The van der Waals surface area contributed by atoms with E-state index >= 15 is 0 Å². The summed E-state index contributed by atoms with van der Waals surface area (Å²) in [6.45, 7) is 6.61. The lowest BCUT2D eigenvalue weighted by atomic mass is 9.81. The summed E-state index contributed by atoms with van der Waals surface area (Å²) in [6.07, 6.45) is 8.16. The van der Waals surface area contributed by atoms with E-state index in [2.05, 4.69) is 19.9 Å². The smallest absolute Gasteiger partial charge is 0.123 e. The summed E-state index contributed by atoms with van der Waals surface area (Å²) in [5, 5.41) is 0. The molecule has 14 heavy (non-hydrogen) atoms. The van der Waals surface area contributed by atoms with Crippen molar-refractivity contribution in [2.24, 2.45) is 17.8 Å². The predicted octanol–water partition coefficient (Wildman–Crippen LogP) is 3.59. The highest BCUT2D eigenvalue weighted by atomic mass is 16.1. The molecule has 1 rings (SSSR count). The molecule has 1 aliphatic rings. The standard InChI is InChI=1S/C13H22O/c1-10(2)13-6-4-12(5-7-13)8-11(3)9-14/h4,9-11,13H,5-8H2,1-3H3/t11?,13-/m0/s1. The lowest BCUT2D eigenvalue weighted by molar-refractivity contribution is -0.110. The molecule has 0 radical (unpaired) electrons. The molecule has 0 saturated heterocycles. The molecule has 1 aliphatic carbocycles. The monoisotopic (exact) mass is 194 g/mol. The second-order valence-corrected chi connectivity index (χ2v) is 4.96. The van der Waals surface area contributed by atoms with Crippen molar-refractivity contribution in [1.82, 2.24) is 0 Å². The van der Waals surface area contributed by atoms with Gasteiger partial charge in [0.2, 0.25) is 0 Å². The Morgan fingerprint density at radius 2 is 2.21 bits per heavy atom. The summed E-state index contributed by atoms with van der Waals surface area (Å²) >= 11 is 0. The number of carbonyl (C=O) groups is 1. The predicted molar refractivity (Wildman–Crippen MR) is 60.1 cm³/mol. The molecule has 1 nitrogen and oxygen atoms in total. The zero-order valence-electron chi connectivity index (χ0n) is 9.62. The van der Waals surface area contributed by atoms with Gasteiger partial charge in [-0.2, -0.15) is 0 Å². The molecule has 0 amide bonds. The van der Waals surface area contributed by atoms with Crippen molar-refractivity contribution in [2.45, 2.75) is 46.5 Å². The van der Waals surface area contributed by atoms with Gasteiger partial charge in [-0.25, -0.2) is 0 Å². The van der Waals surface area contributed by atoms with Crippen LogP contribution >= 0.6 is 0 Å². The van der Waals surface area contributed by atoms with Crippen LogP contribution in [0, 0.1) is 17.8 Å². The van der Waals surface area contributed by atoms with Gasteiger partial charge in [0.1, 0.15) is 6.29 Å². The molecule has 0 spiro atoms. The van der Waals surface area contributed by atoms with Crippen LogP contribution in [0.1, 0.15) is 46.5 Å². The van der Waals surface area contributed by atoms with Crippen LogP contribution in [0.15, 0.2) is 11.6 Å². The summed E-state index contributed by atoms with van der Waals surface area (Å²) in [4.78, 5) is 10.5. The summed E-state index contributed by atoms with van der Waals surface area (Å²) in [7, 11) is 0. The molecule has 0 aromatic heterocycles. The number of aldehydes is 1. The first-order valence-corrected chi connectivity index (χ1v) is 5.76. The lowest BCUT2D eigenvalue weighted by Gasteiger charge is -2.25. The largest absolute Gasteiger partial charge is 0.303 e. The van der Waals surface area contributed by atoms with E-state index < -0.39 is 0 Å². The van der Waals surface area contributed by atoms with Gasteiger partial charge in [-0.1, -0.05) is 32.4 Å². The molecule has 0 N–H and O–H groups in total. The van der Waals surface area contributed by atoms with Crippen LogP contribution in [0.5, 0.6) is 0 Å². The molecular weight excluding hydrogens is 172 g/mol. The highest BCUT2D eigenvalue weighted by Crippen LogP contribution is 2.31. The molecule has 0 heterocycles. The fraction of sp³-hybridized carbons (Fsp3) is 0.769. The molecular formula is C13H22O. The van der Waals surface area contributed by atoms with Gasteiger partial charge in [0.25, 0.3) is 0 Å². The van der Waals surface area contributed by atoms with E-state index in [-0.39, 0.29) is 5.92 Å². The minimum atomic E-state index is 0.205. The molecule has 0 bridgehead atoms. The van der Waals surface area contributed by atoms with Crippen molar-refractivity contribution in [3.63, 3.8) is 0 Å². The average molecular weight is 194 g/mol. The van der Waals surface area contributed by atoms with Crippen LogP contribution < -0.4 is 0 Å². The quantitative estimate of drug-likeness (QED) is 0.493. The van der Waals surface area contributed by atoms with Crippen molar-refractivity contribution < 1.29 is 4.79 Å². The Kier molecular flexibility index (Phi) is 4.37. The Balaban J connectivity index is 2.41. The Labute approximate surface area is 87.6 Å². The third-order valence-corrected chi connectivity index (χ3v) is 3.30. The van der Waals surface area contributed by atoms with Gasteiger partial charge in [0, 0.05) is 5.92 Å². The summed E-state index contributed by atoms with van der Waals surface area (Å²) < 4.78 is 0. The SMILES string of the molecule is CC(C=O)CC1=CC[C@H](C(C)C)CC1. The maximum absolute atomic E-state index is 10.5. The van der Waals surface area contributed by atoms with Crippen LogP contribution in [0.4, 0.5) is 0 Å². The number of hydrogen-bond donors (Lipinski definition) is 0. The van der Waals surface area contributed by atoms with E-state index in [0.717, 1.165) is 24.5 Å². The fourth-order valence-electron chi connectivity index (χ4n) is 2.16. The maximum Gasteiger partial charge on any atom is 0.123 e. The average Bonchev–Trinajstić information content (AvgIpc) is 2.18. The van der Waals surface area contributed by atoms with Gasteiger partial charge in [-0.15, -0.1) is 0 Å². The van der Waals surface area contributed by atoms with Gasteiger partial charge in [0.05, 0.1) is 0 Å². The van der Waals surface area contributed by atoms with Crippen molar-refractivity contribution in [2.75, 3.05) is 0 Å². The van der Waals surface area contributed by atoms with Gasteiger partial charge in [-0.3, -0.25) is 0 Å². The number of hydrogen-bond acceptors (Lipinski definition) is 1. The molecule has 1 heteroatoms. The molecule has 0 saturated carbocycles. The molecule has 80 valence electrons. The molecule has 1 unspecified atom stereocenters. The number of carbonyl (C=O) groups excluding carboxylic acids is 1.